The van der Waals surface area contributed by atoms with Crippen molar-refractivity contribution in [3.8, 4) is 12.1 Å². The fourth-order valence-corrected chi connectivity index (χ4v) is 2.73. The van der Waals surface area contributed by atoms with Gasteiger partial charge in [-0.05, 0) is 33.6 Å². The summed E-state index contributed by atoms with van der Waals surface area (Å²) >= 11 is 3.43. The Morgan fingerprint density at radius 2 is 1.96 bits per heavy atom. The number of anilines is 1. The van der Waals surface area contributed by atoms with Crippen molar-refractivity contribution in [2.24, 2.45) is 0 Å². The van der Waals surface area contributed by atoms with Gasteiger partial charge in [-0.25, -0.2) is 4.98 Å². The number of methoxy groups -OCH3 is 1. The third-order valence-electron chi connectivity index (χ3n) is 3.50. The molecule has 0 unspecified atom stereocenters. The molecule has 2 N–H and O–H groups in total. The molecule has 1 aromatic carbocycles. The molecule has 0 fully saturated rings. The highest BCUT2D eigenvalue weighted by molar-refractivity contribution is 9.10. The minimum atomic E-state index is 0.176. The summed E-state index contributed by atoms with van der Waals surface area (Å²) in [5.74, 6) is 0.247. The molecular weight excluding hydrogens is 388 g/mol. The largest absolute Gasteiger partial charge is 0.461 e. The summed E-state index contributed by atoms with van der Waals surface area (Å²) in [4.78, 5) is 12.9. The monoisotopic (exact) mass is 402 g/mol. The summed E-state index contributed by atoms with van der Waals surface area (Å²) in [6.45, 7) is 1.26. The van der Waals surface area contributed by atoms with Crippen LogP contribution in [0.2, 0.25) is 0 Å². The summed E-state index contributed by atoms with van der Waals surface area (Å²) in [6.07, 6.45) is 0. The maximum atomic E-state index is 8.89. The first-order valence-electron chi connectivity index (χ1n) is 7.42. The van der Waals surface area contributed by atoms with Crippen LogP contribution in [0.25, 0.3) is 11.2 Å². The lowest BCUT2D eigenvalue weighted by molar-refractivity contribution is 0.141. The number of halogens is 1. The molecule has 0 atom stereocenters. The number of nitriles is 1. The van der Waals surface area contributed by atoms with Crippen LogP contribution in [0.3, 0.4) is 0 Å². The van der Waals surface area contributed by atoms with Crippen LogP contribution in [-0.4, -0.2) is 39.8 Å². The number of nitrogens with zero attached hydrogens (tertiary/aromatic N) is 5. The number of fused-ring (bicyclic) bond motifs is 1. The number of imidazole rings is 1. The maximum Gasteiger partial charge on any atom is 0.320 e. The normalized spacial score (nSPS) is 10.8. The first-order chi connectivity index (χ1) is 12.1. The molecule has 128 valence electrons. The second-order valence-electron chi connectivity index (χ2n) is 5.18. The second kappa shape index (κ2) is 7.46. The molecule has 3 rings (SSSR count). The summed E-state index contributed by atoms with van der Waals surface area (Å²) < 4.78 is 12.9. The van der Waals surface area contributed by atoms with Crippen LogP contribution in [0.15, 0.2) is 29.0 Å². The van der Waals surface area contributed by atoms with Gasteiger partial charge in [-0.15, -0.1) is 0 Å². The van der Waals surface area contributed by atoms with Gasteiger partial charge in [-0.2, -0.15) is 15.2 Å². The molecule has 0 saturated heterocycles. The Hall–Kier alpha value is -2.70. The summed E-state index contributed by atoms with van der Waals surface area (Å²) in [5.41, 5.74) is 8.65. The Balaban J connectivity index is 1.95. The van der Waals surface area contributed by atoms with Crippen molar-refractivity contribution in [2.75, 3.05) is 26.1 Å². The molecular formula is C16H15BrN6O2. The summed E-state index contributed by atoms with van der Waals surface area (Å²) in [7, 11) is 1.59. The lowest BCUT2D eigenvalue weighted by atomic mass is 10.1. The van der Waals surface area contributed by atoms with Crippen LogP contribution >= 0.6 is 15.9 Å². The van der Waals surface area contributed by atoms with Gasteiger partial charge in [0.1, 0.15) is 6.61 Å². The van der Waals surface area contributed by atoms with E-state index < -0.39 is 0 Å². The van der Waals surface area contributed by atoms with Gasteiger partial charge in [0.05, 0.1) is 24.8 Å². The smallest absolute Gasteiger partial charge is 0.320 e. The quantitative estimate of drug-likeness (QED) is 0.496. The third kappa shape index (κ3) is 3.70. The highest BCUT2D eigenvalue weighted by Gasteiger charge is 2.16. The zero-order chi connectivity index (χ0) is 17.8. The first-order valence-corrected chi connectivity index (χ1v) is 8.21. The Bertz CT molecular complexity index is 932. The molecule has 0 radical (unpaired) electrons. The van der Waals surface area contributed by atoms with Crippen LogP contribution in [0.5, 0.6) is 6.01 Å². The lowest BCUT2D eigenvalue weighted by Gasteiger charge is -2.08. The maximum absolute atomic E-state index is 8.89. The van der Waals surface area contributed by atoms with Crippen LogP contribution in [-0.2, 0) is 11.3 Å². The second-order valence-corrected chi connectivity index (χ2v) is 5.89. The zero-order valence-corrected chi connectivity index (χ0v) is 15.0. The van der Waals surface area contributed by atoms with E-state index in [2.05, 4.69) is 37.0 Å². The number of rotatable bonds is 6. The fourth-order valence-electron chi connectivity index (χ4n) is 2.26. The SMILES string of the molecule is COCCOc1nc(N)c2nc(Br)n(Cc3ccc(C#N)cc3)c2n1. The van der Waals surface area contributed by atoms with Crippen LogP contribution < -0.4 is 10.5 Å². The van der Waals surface area contributed by atoms with Gasteiger partial charge in [-0.1, -0.05) is 12.1 Å². The Labute approximate surface area is 152 Å². The number of hydrogen-bond acceptors (Lipinski definition) is 7. The standard InChI is InChI=1S/C16H15BrN6O2/c1-24-6-7-25-16-21-13(19)12-14(22-16)23(15(17)20-12)9-11-4-2-10(8-18)3-5-11/h2-5H,6-7,9H2,1H3,(H2,19,21,22). The van der Waals surface area contributed by atoms with Gasteiger partial charge >= 0.3 is 6.01 Å². The van der Waals surface area contributed by atoms with E-state index in [1.54, 1.807) is 19.2 Å². The van der Waals surface area contributed by atoms with Crippen molar-refractivity contribution in [2.45, 2.75) is 6.54 Å². The van der Waals surface area contributed by atoms with E-state index in [1.807, 2.05) is 16.7 Å². The number of nitrogens with two attached hydrogens (primary N) is 1. The number of nitrogen functional groups attached to an aromatic ring is 1. The minimum Gasteiger partial charge on any atom is -0.461 e. The molecule has 3 aromatic rings. The van der Waals surface area contributed by atoms with E-state index in [0.29, 0.717) is 41.2 Å². The van der Waals surface area contributed by atoms with Gasteiger partial charge in [-0.3, -0.25) is 4.57 Å². The van der Waals surface area contributed by atoms with Crippen LogP contribution in [0, 0.1) is 11.3 Å². The average molecular weight is 403 g/mol. The molecule has 0 bridgehead atoms. The van der Waals surface area contributed by atoms with Gasteiger partial charge < -0.3 is 15.2 Å². The highest BCUT2D eigenvalue weighted by Crippen LogP contribution is 2.25. The van der Waals surface area contributed by atoms with E-state index in [9.17, 15) is 0 Å². The van der Waals surface area contributed by atoms with E-state index in [0.717, 1.165) is 5.56 Å². The number of ether oxygens (including phenoxy) is 2. The molecule has 0 aliphatic carbocycles. The Kier molecular flexibility index (Phi) is 5.11. The van der Waals surface area contributed by atoms with Crippen molar-refractivity contribution in [1.82, 2.24) is 19.5 Å². The highest BCUT2D eigenvalue weighted by atomic mass is 79.9. The molecule has 0 aliphatic heterocycles. The van der Waals surface area contributed by atoms with Crippen LogP contribution in [0.4, 0.5) is 5.82 Å². The third-order valence-corrected chi connectivity index (χ3v) is 4.10. The molecule has 0 saturated carbocycles. The molecule has 0 aliphatic rings. The summed E-state index contributed by atoms with van der Waals surface area (Å²) in [6, 6.07) is 9.59. The van der Waals surface area contributed by atoms with Gasteiger partial charge in [0.15, 0.2) is 21.7 Å². The predicted octanol–water partition coefficient (Wildman–Crippen LogP) is 2.12. The Morgan fingerprint density at radius 3 is 2.64 bits per heavy atom. The summed E-state index contributed by atoms with van der Waals surface area (Å²) in [5, 5.41) is 8.89. The first kappa shape index (κ1) is 17.1. The predicted molar refractivity (Wildman–Crippen MR) is 95.1 cm³/mol. The molecule has 2 heterocycles. The molecule has 8 nitrogen and oxygen atoms in total. The van der Waals surface area contributed by atoms with Gasteiger partial charge in [0.2, 0.25) is 0 Å². The number of benzene rings is 1. The molecule has 2 aromatic heterocycles. The lowest BCUT2D eigenvalue weighted by Crippen LogP contribution is -2.09. The Morgan fingerprint density at radius 1 is 1.20 bits per heavy atom. The van der Waals surface area contributed by atoms with Crippen molar-refractivity contribution in [3.63, 3.8) is 0 Å². The minimum absolute atomic E-state index is 0.176. The van der Waals surface area contributed by atoms with E-state index >= 15 is 0 Å². The van der Waals surface area contributed by atoms with Gasteiger partial charge in [0, 0.05) is 7.11 Å². The van der Waals surface area contributed by atoms with Crippen molar-refractivity contribution in [3.05, 3.63) is 40.1 Å². The fraction of sp³-hybridized carbons (Fsp3) is 0.250. The molecule has 0 spiro atoms. The molecule has 0 amide bonds. The van der Waals surface area contributed by atoms with E-state index in [-0.39, 0.29) is 11.8 Å². The van der Waals surface area contributed by atoms with Crippen molar-refractivity contribution in [1.29, 1.82) is 5.26 Å². The molecule has 25 heavy (non-hydrogen) atoms. The topological polar surface area (TPSA) is 112 Å². The van der Waals surface area contributed by atoms with Crippen LogP contribution in [0.1, 0.15) is 11.1 Å². The van der Waals surface area contributed by atoms with Crippen molar-refractivity contribution >= 4 is 32.9 Å². The average Bonchev–Trinajstić information content (AvgIpc) is 2.93. The zero-order valence-electron chi connectivity index (χ0n) is 13.4. The van der Waals surface area contributed by atoms with Crippen molar-refractivity contribution < 1.29 is 9.47 Å². The van der Waals surface area contributed by atoms with Gasteiger partial charge in [0.25, 0.3) is 0 Å². The molecule has 9 heteroatoms. The van der Waals surface area contributed by atoms with E-state index in [1.165, 1.54) is 0 Å². The number of hydrogen-bond donors (Lipinski definition) is 1. The number of aromatic nitrogens is 4. The van der Waals surface area contributed by atoms with E-state index in [4.69, 9.17) is 20.5 Å².